The molecule has 0 saturated heterocycles. The molecule has 0 radical (unpaired) electrons. The normalized spacial score (nSPS) is 15.0. The lowest BCUT2D eigenvalue weighted by Gasteiger charge is -2.19. The molecule has 138 valence electrons. The van der Waals surface area contributed by atoms with E-state index < -0.39 is 0 Å². The van der Waals surface area contributed by atoms with Gasteiger partial charge in [-0.1, -0.05) is 18.2 Å². The van der Waals surface area contributed by atoms with Crippen LogP contribution in [0.4, 0.5) is 0 Å². The Morgan fingerprint density at radius 1 is 1.04 bits per heavy atom. The summed E-state index contributed by atoms with van der Waals surface area (Å²) < 4.78 is 0. The summed E-state index contributed by atoms with van der Waals surface area (Å²) in [5, 5.41) is 4.17. The number of benzene rings is 1. The van der Waals surface area contributed by atoms with Gasteiger partial charge < -0.3 is 5.32 Å². The van der Waals surface area contributed by atoms with E-state index >= 15 is 0 Å². The largest absolute Gasteiger partial charge is 0.343 e. The number of aromatic nitrogens is 2. The summed E-state index contributed by atoms with van der Waals surface area (Å²) in [5.41, 5.74) is 6.71. The van der Waals surface area contributed by atoms with Crippen LogP contribution in [-0.4, -0.2) is 15.9 Å². The van der Waals surface area contributed by atoms with E-state index in [1.807, 2.05) is 44.2 Å². The smallest absolute Gasteiger partial charge is 0.252 e. The first-order valence-corrected chi connectivity index (χ1v) is 9.56. The Kier molecular flexibility index (Phi) is 4.42. The number of carbonyl (C=O) groups excluding carboxylic acids is 1. The van der Waals surface area contributed by atoms with E-state index in [0.717, 1.165) is 46.4 Å². The molecular weight excluding hydrogens is 334 g/mol. The Labute approximate surface area is 160 Å². The molecule has 4 nitrogen and oxygen atoms in total. The van der Waals surface area contributed by atoms with Crippen LogP contribution in [0.3, 0.4) is 0 Å². The topological polar surface area (TPSA) is 54.9 Å². The van der Waals surface area contributed by atoms with Crippen molar-refractivity contribution in [3.63, 3.8) is 0 Å². The Balaban J connectivity index is 1.73. The fraction of sp³-hybridized carbons (Fsp3) is 0.348. The second kappa shape index (κ2) is 6.76. The first-order chi connectivity index (χ1) is 12.9. The highest BCUT2D eigenvalue weighted by Gasteiger charge is 2.34. The molecule has 2 heterocycles. The van der Waals surface area contributed by atoms with Crippen molar-refractivity contribution in [2.45, 2.75) is 46.6 Å². The maximum Gasteiger partial charge on any atom is 0.252 e. The van der Waals surface area contributed by atoms with Gasteiger partial charge in [0.2, 0.25) is 0 Å². The van der Waals surface area contributed by atoms with Crippen molar-refractivity contribution in [2.24, 2.45) is 5.92 Å². The first-order valence-electron chi connectivity index (χ1n) is 9.56. The summed E-state index contributed by atoms with van der Waals surface area (Å²) in [6.07, 6.45) is 2.27. The van der Waals surface area contributed by atoms with Crippen molar-refractivity contribution in [1.82, 2.24) is 15.3 Å². The lowest BCUT2D eigenvalue weighted by molar-refractivity contribution is 0.0932. The fourth-order valence-corrected chi connectivity index (χ4v) is 3.66. The Morgan fingerprint density at radius 2 is 1.81 bits per heavy atom. The third kappa shape index (κ3) is 3.44. The summed E-state index contributed by atoms with van der Waals surface area (Å²) >= 11 is 0. The molecule has 1 N–H and O–H groups in total. The molecule has 0 unspecified atom stereocenters. The first kappa shape index (κ1) is 17.7. The van der Waals surface area contributed by atoms with Crippen LogP contribution >= 0.6 is 0 Å². The molecule has 27 heavy (non-hydrogen) atoms. The van der Waals surface area contributed by atoms with Crippen LogP contribution in [0.2, 0.25) is 0 Å². The van der Waals surface area contributed by atoms with Gasteiger partial charge in [0, 0.05) is 16.8 Å². The minimum absolute atomic E-state index is 0.0348. The zero-order valence-corrected chi connectivity index (χ0v) is 16.3. The molecule has 4 rings (SSSR count). The third-order valence-electron chi connectivity index (χ3n) is 5.49. The third-order valence-corrected chi connectivity index (χ3v) is 5.49. The lowest BCUT2D eigenvalue weighted by Crippen LogP contribution is -2.31. The van der Waals surface area contributed by atoms with Gasteiger partial charge >= 0.3 is 0 Å². The van der Waals surface area contributed by atoms with Crippen LogP contribution in [0.15, 0.2) is 36.4 Å². The fourth-order valence-electron chi connectivity index (χ4n) is 3.66. The minimum atomic E-state index is -0.0473. The number of amides is 1. The maximum absolute atomic E-state index is 13.2. The van der Waals surface area contributed by atoms with E-state index in [9.17, 15) is 4.79 Å². The Hall–Kier alpha value is -2.75. The van der Waals surface area contributed by atoms with Crippen molar-refractivity contribution in [1.29, 1.82) is 0 Å². The SMILES string of the molecule is Cc1cccc([C@H](NC(=O)c2cc(C)nc3c(C)c(C)ccc23)C2CC2)n1. The van der Waals surface area contributed by atoms with Gasteiger partial charge in [-0.15, -0.1) is 0 Å². The molecule has 1 amide bonds. The van der Waals surface area contributed by atoms with Crippen LogP contribution in [0, 0.1) is 33.6 Å². The summed E-state index contributed by atoms with van der Waals surface area (Å²) in [7, 11) is 0. The lowest BCUT2D eigenvalue weighted by atomic mass is 10.00. The van der Waals surface area contributed by atoms with Crippen LogP contribution in [0.1, 0.15) is 57.5 Å². The zero-order chi connectivity index (χ0) is 19.1. The number of pyridine rings is 2. The molecule has 1 aliphatic rings. The molecule has 4 heteroatoms. The predicted octanol–water partition coefficient (Wildman–Crippen LogP) is 4.74. The molecule has 1 fully saturated rings. The average Bonchev–Trinajstić information content (AvgIpc) is 3.47. The van der Waals surface area contributed by atoms with Gasteiger partial charge in [0.05, 0.1) is 22.8 Å². The quantitative estimate of drug-likeness (QED) is 0.732. The van der Waals surface area contributed by atoms with Crippen LogP contribution in [0.5, 0.6) is 0 Å². The molecule has 1 saturated carbocycles. The number of hydrogen-bond acceptors (Lipinski definition) is 3. The standard InChI is InChI=1S/C23H25N3O/c1-13-8-11-18-19(12-15(3)25-21(18)16(13)4)23(27)26-22(17-9-10-17)20-7-5-6-14(2)24-20/h5-8,11-12,17,22H,9-10H2,1-4H3,(H,26,27)/t22-/m1/s1. The van der Waals surface area contributed by atoms with Crippen LogP contribution in [-0.2, 0) is 0 Å². The Morgan fingerprint density at radius 3 is 2.52 bits per heavy atom. The highest BCUT2D eigenvalue weighted by Crippen LogP contribution is 2.40. The van der Waals surface area contributed by atoms with Gasteiger partial charge in [-0.2, -0.15) is 0 Å². The zero-order valence-electron chi connectivity index (χ0n) is 16.3. The van der Waals surface area contributed by atoms with Gasteiger partial charge in [0.25, 0.3) is 5.91 Å². The maximum atomic E-state index is 13.2. The number of hydrogen-bond donors (Lipinski definition) is 1. The average molecular weight is 359 g/mol. The molecule has 3 aromatic rings. The van der Waals surface area contributed by atoms with Crippen molar-refractivity contribution in [3.8, 4) is 0 Å². The molecule has 1 aliphatic carbocycles. The molecule has 0 aliphatic heterocycles. The minimum Gasteiger partial charge on any atom is -0.343 e. The molecule has 0 bridgehead atoms. The van der Waals surface area contributed by atoms with E-state index in [0.29, 0.717) is 11.5 Å². The van der Waals surface area contributed by atoms with Gasteiger partial charge in [-0.05, 0) is 75.8 Å². The molecule has 2 aromatic heterocycles. The number of fused-ring (bicyclic) bond motifs is 1. The second-order valence-corrected chi connectivity index (χ2v) is 7.71. The molecule has 0 spiro atoms. The van der Waals surface area contributed by atoms with Crippen molar-refractivity contribution >= 4 is 16.8 Å². The highest BCUT2D eigenvalue weighted by molar-refractivity contribution is 6.07. The van der Waals surface area contributed by atoms with Crippen LogP contribution < -0.4 is 5.32 Å². The summed E-state index contributed by atoms with van der Waals surface area (Å²) in [6.45, 7) is 8.07. The molecule has 1 atom stereocenters. The van der Waals surface area contributed by atoms with Crippen molar-refractivity contribution in [3.05, 3.63) is 70.2 Å². The van der Waals surface area contributed by atoms with E-state index in [-0.39, 0.29) is 11.9 Å². The molecule has 1 aromatic carbocycles. The number of rotatable bonds is 4. The van der Waals surface area contributed by atoms with Gasteiger partial charge in [-0.3, -0.25) is 14.8 Å². The highest BCUT2D eigenvalue weighted by atomic mass is 16.1. The monoisotopic (exact) mass is 359 g/mol. The number of nitrogens with zero attached hydrogens (tertiary/aromatic N) is 2. The number of nitrogens with one attached hydrogen (secondary N) is 1. The van der Waals surface area contributed by atoms with Gasteiger partial charge in [0.1, 0.15) is 0 Å². The number of carbonyl (C=O) groups is 1. The second-order valence-electron chi connectivity index (χ2n) is 7.71. The van der Waals surface area contributed by atoms with E-state index in [2.05, 4.69) is 35.2 Å². The van der Waals surface area contributed by atoms with Crippen molar-refractivity contribution < 1.29 is 4.79 Å². The van der Waals surface area contributed by atoms with E-state index in [1.54, 1.807) is 0 Å². The summed E-state index contributed by atoms with van der Waals surface area (Å²) in [6, 6.07) is 11.9. The van der Waals surface area contributed by atoms with E-state index in [1.165, 1.54) is 5.56 Å². The number of aryl methyl sites for hydroxylation is 4. The van der Waals surface area contributed by atoms with Crippen molar-refractivity contribution in [2.75, 3.05) is 0 Å². The van der Waals surface area contributed by atoms with E-state index in [4.69, 9.17) is 0 Å². The summed E-state index contributed by atoms with van der Waals surface area (Å²) in [4.78, 5) is 22.6. The Bertz CT molecular complexity index is 1040. The predicted molar refractivity (Wildman–Crippen MR) is 108 cm³/mol. The van der Waals surface area contributed by atoms with Crippen LogP contribution in [0.25, 0.3) is 10.9 Å². The van der Waals surface area contributed by atoms with Gasteiger partial charge in [0.15, 0.2) is 0 Å². The molecular formula is C23H25N3O. The summed E-state index contributed by atoms with van der Waals surface area (Å²) in [5.74, 6) is 0.426. The van der Waals surface area contributed by atoms with Gasteiger partial charge in [-0.25, -0.2) is 0 Å².